The van der Waals surface area contributed by atoms with Gasteiger partial charge in [-0.15, -0.1) is 0 Å². The van der Waals surface area contributed by atoms with Gasteiger partial charge in [0.15, 0.2) is 0 Å². The molecule has 2 rings (SSSR count). The maximum Gasteiger partial charge on any atom is 0.116 e. The third-order valence-electron chi connectivity index (χ3n) is 3.17. The summed E-state index contributed by atoms with van der Waals surface area (Å²) in [7, 11) is 0. The first kappa shape index (κ1) is 18.8. The molecule has 0 fully saturated rings. The number of hydrogen-bond acceptors (Lipinski definition) is 4. The zero-order valence-corrected chi connectivity index (χ0v) is 14.6. The van der Waals surface area contributed by atoms with E-state index in [1.54, 1.807) is 0 Å². The Morgan fingerprint density at radius 2 is 1.57 bits per heavy atom. The summed E-state index contributed by atoms with van der Waals surface area (Å²) in [6.07, 6.45) is 0. The molecule has 0 saturated carbocycles. The second-order valence-corrected chi connectivity index (χ2v) is 4.74. The van der Waals surface area contributed by atoms with Crippen LogP contribution in [0.15, 0.2) is 48.5 Å². The topological polar surface area (TPSA) is 45.3 Å². The van der Waals surface area contributed by atoms with Crippen LogP contribution in [-0.2, 0) is 4.74 Å². The fraction of sp³-hybridized carbons (Fsp3) is 0.368. The van der Waals surface area contributed by atoms with E-state index in [0.29, 0.717) is 20.0 Å². The Bertz CT molecular complexity index is 544. The summed E-state index contributed by atoms with van der Waals surface area (Å²) < 4.78 is 5.33. The molecule has 0 radical (unpaired) electrons. The van der Waals surface area contributed by atoms with Gasteiger partial charge >= 0.3 is 0 Å². The molecule has 0 aliphatic rings. The second kappa shape index (κ2) is 11.4. The zero-order valence-electron chi connectivity index (χ0n) is 14.6. The fourth-order valence-electron chi connectivity index (χ4n) is 1.96. The summed E-state index contributed by atoms with van der Waals surface area (Å²) >= 11 is 0. The van der Waals surface area contributed by atoms with Crippen molar-refractivity contribution < 1.29 is 4.74 Å². The molecule has 2 aromatic rings. The highest BCUT2D eigenvalue weighted by atomic mass is 16.5. The minimum atomic E-state index is 0.531. The van der Waals surface area contributed by atoms with Crippen LogP contribution < -0.4 is 16.0 Å². The van der Waals surface area contributed by atoms with Crippen molar-refractivity contribution in [3.63, 3.8) is 0 Å². The lowest BCUT2D eigenvalue weighted by Gasteiger charge is -2.13. The van der Waals surface area contributed by atoms with E-state index in [4.69, 9.17) is 4.74 Å². The standard InChI is InChI=1S/C17H23N3O.C2H6/c1-3-21-13-20-17-11-16(10-9-14(17)2)19-12-18-15-7-5-4-6-8-15;1-2/h4-11,18-20H,3,12-13H2,1-2H3;1-2H3. The lowest BCUT2D eigenvalue weighted by Crippen LogP contribution is -2.12. The Hall–Kier alpha value is -2.20. The van der Waals surface area contributed by atoms with Crippen molar-refractivity contribution in [3.8, 4) is 0 Å². The van der Waals surface area contributed by atoms with E-state index in [-0.39, 0.29) is 0 Å². The van der Waals surface area contributed by atoms with E-state index in [2.05, 4.69) is 41.1 Å². The lowest BCUT2D eigenvalue weighted by atomic mass is 10.2. The van der Waals surface area contributed by atoms with Crippen molar-refractivity contribution in [1.29, 1.82) is 0 Å². The predicted octanol–water partition coefficient (Wildman–Crippen LogP) is 4.91. The molecule has 126 valence electrons. The van der Waals surface area contributed by atoms with Gasteiger partial charge in [-0.05, 0) is 43.7 Å². The molecule has 0 heterocycles. The Morgan fingerprint density at radius 3 is 2.26 bits per heavy atom. The second-order valence-electron chi connectivity index (χ2n) is 4.74. The van der Waals surface area contributed by atoms with Crippen molar-refractivity contribution in [2.45, 2.75) is 27.7 Å². The first-order valence-corrected chi connectivity index (χ1v) is 8.24. The average molecular weight is 315 g/mol. The van der Waals surface area contributed by atoms with Crippen LogP contribution >= 0.6 is 0 Å². The Morgan fingerprint density at radius 1 is 0.870 bits per heavy atom. The molecular weight excluding hydrogens is 286 g/mol. The van der Waals surface area contributed by atoms with Gasteiger partial charge in [0.1, 0.15) is 6.73 Å². The van der Waals surface area contributed by atoms with Gasteiger partial charge in [-0.25, -0.2) is 0 Å². The molecular formula is C19H29N3O. The third-order valence-corrected chi connectivity index (χ3v) is 3.17. The van der Waals surface area contributed by atoms with E-state index >= 15 is 0 Å². The van der Waals surface area contributed by atoms with Crippen molar-refractivity contribution in [1.82, 2.24) is 0 Å². The summed E-state index contributed by atoms with van der Waals surface area (Å²) in [5.41, 5.74) is 4.47. The maximum absolute atomic E-state index is 5.33. The van der Waals surface area contributed by atoms with Crippen LogP contribution in [0.25, 0.3) is 0 Å². The number of rotatable bonds is 8. The molecule has 0 unspecified atom stereocenters. The number of aryl methyl sites for hydroxylation is 1. The van der Waals surface area contributed by atoms with Gasteiger partial charge in [-0.3, -0.25) is 0 Å². The van der Waals surface area contributed by atoms with E-state index in [1.807, 2.05) is 51.1 Å². The SMILES string of the molecule is CC.CCOCNc1cc(NCNc2ccccc2)ccc1C. The van der Waals surface area contributed by atoms with E-state index in [1.165, 1.54) is 5.56 Å². The molecule has 0 amide bonds. The first-order chi connectivity index (χ1) is 11.3. The minimum absolute atomic E-state index is 0.531. The van der Waals surface area contributed by atoms with Gasteiger partial charge in [0, 0.05) is 23.7 Å². The molecule has 4 heteroatoms. The van der Waals surface area contributed by atoms with Gasteiger partial charge in [0.05, 0.1) is 6.67 Å². The van der Waals surface area contributed by atoms with E-state index in [9.17, 15) is 0 Å². The zero-order chi connectivity index (χ0) is 16.9. The van der Waals surface area contributed by atoms with Crippen LogP contribution in [0.3, 0.4) is 0 Å². The van der Waals surface area contributed by atoms with Crippen molar-refractivity contribution in [2.75, 3.05) is 36.0 Å². The average Bonchev–Trinajstić information content (AvgIpc) is 2.60. The normalized spacial score (nSPS) is 9.57. The Labute approximate surface area is 140 Å². The quantitative estimate of drug-likeness (QED) is 0.478. The highest BCUT2D eigenvalue weighted by Gasteiger charge is 2.00. The number of anilines is 3. The van der Waals surface area contributed by atoms with Crippen LogP contribution in [0.5, 0.6) is 0 Å². The van der Waals surface area contributed by atoms with Crippen molar-refractivity contribution >= 4 is 17.1 Å². The molecule has 23 heavy (non-hydrogen) atoms. The Kier molecular flexibility index (Phi) is 9.32. The highest BCUT2D eigenvalue weighted by Crippen LogP contribution is 2.20. The third kappa shape index (κ3) is 7.06. The van der Waals surface area contributed by atoms with Gasteiger partial charge in [0.2, 0.25) is 0 Å². The Balaban J connectivity index is 0.00000127. The first-order valence-electron chi connectivity index (χ1n) is 8.24. The molecule has 0 aliphatic carbocycles. The summed E-state index contributed by atoms with van der Waals surface area (Å²) in [6.45, 7) is 9.99. The smallest absolute Gasteiger partial charge is 0.116 e. The molecule has 0 bridgehead atoms. The van der Waals surface area contributed by atoms with Crippen LogP contribution in [0, 0.1) is 6.92 Å². The van der Waals surface area contributed by atoms with Gasteiger partial charge in [-0.1, -0.05) is 38.1 Å². The molecule has 0 aromatic heterocycles. The van der Waals surface area contributed by atoms with Crippen LogP contribution in [0.4, 0.5) is 17.1 Å². The van der Waals surface area contributed by atoms with Crippen LogP contribution in [-0.4, -0.2) is 20.0 Å². The monoisotopic (exact) mass is 315 g/mol. The largest absolute Gasteiger partial charge is 0.368 e. The van der Waals surface area contributed by atoms with Gasteiger partial charge in [0.25, 0.3) is 0 Å². The summed E-state index contributed by atoms with van der Waals surface area (Å²) in [5, 5.41) is 9.96. The molecule has 2 aromatic carbocycles. The van der Waals surface area contributed by atoms with Gasteiger partial charge < -0.3 is 20.7 Å². The lowest BCUT2D eigenvalue weighted by molar-refractivity contribution is 0.167. The number of ether oxygens (including phenoxy) is 1. The number of benzene rings is 2. The molecule has 0 saturated heterocycles. The number of hydrogen-bond donors (Lipinski definition) is 3. The molecule has 3 N–H and O–H groups in total. The molecule has 0 spiro atoms. The fourth-order valence-corrected chi connectivity index (χ4v) is 1.96. The van der Waals surface area contributed by atoms with Gasteiger partial charge in [-0.2, -0.15) is 0 Å². The van der Waals surface area contributed by atoms with Crippen LogP contribution in [0.2, 0.25) is 0 Å². The van der Waals surface area contributed by atoms with Crippen molar-refractivity contribution in [2.24, 2.45) is 0 Å². The highest BCUT2D eigenvalue weighted by molar-refractivity contribution is 5.61. The number of nitrogens with one attached hydrogen (secondary N) is 3. The molecule has 0 atom stereocenters. The van der Waals surface area contributed by atoms with E-state index < -0.39 is 0 Å². The number of para-hydroxylation sites is 1. The maximum atomic E-state index is 5.33. The van der Waals surface area contributed by atoms with E-state index in [0.717, 1.165) is 17.1 Å². The molecule has 0 aliphatic heterocycles. The summed E-state index contributed by atoms with van der Waals surface area (Å²) in [4.78, 5) is 0. The summed E-state index contributed by atoms with van der Waals surface area (Å²) in [5.74, 6) is 0. The minimum Gasteiger partial charge on any atom is -0.368 e. The van der Waals surface area contributed by atoms with Crippen molar-refractivity contribution in [3.05, 3.63) is 54.1 Å². The molecule has 4 nitrogen and oxygen atoms in total. The predicted molar refractivity (Wildman–Crippen MR) is 101 cm³/mol. The van der Waals surface area contributed by atoms with Crippen LogP contribution in [0.1, 0.15) is 26.3 Å². The summed E-state index contributed by atoms with van der Waals surface area (Å²) in [6, 6.07) is 16.4.